The maximum absolute atomic E-state index is 12.9. The van der Waals surface area contributed by atoms with Crippen molar-refractivity contribution in [3.05, 3.63) is 53.6 Å². The minimum Gasteiger partial charge on any atom is -0.333 e. The minimum atomic E-state index is -0.348. The highest BCUT2D eigenvalue weighted by atomic mass is 16.2. The molecule has 0 saturated heterocycles. The summed E-state index contributed by atoms with van der Waals surface area (Å²) in [5.41, 5.74) is 8.15. The van der Waals surface area contributed by atoms with Crippen molar-refractivity contribution < 1.29 is 4.79 Å². The van der Waals surface area contributed by atoms with Crippen LogP contribution in [0.3, 0.4) is 0 Å². The molecule has 2 N–H and O–H groups in total. The predicted octanol–water partition coefficient (Wildman–Crippen LogP) is 1.08. The number of hydrogen-bond acceptors (Lipinski definition) is 6. The van der Waals surface area contributed by atoms with Gasteiger partial charge >= 0.3 is 0 Å². The highest BCUT2D eigenvalue weighted by Crippen LogP contribution is 2.19. The molecule has 9 nitrogen and oxygen atoms in total. The average molecular weight is 376 g/mol. The van der Waals surface area contributed by atoms with Crippen molar-refractivity contribution in [2.45, 2.75) is 32.6 Å². The first-order valence-electron chi connectivity index (χ1n) is 9.05. The first kappa shape index (κ1) is 17.9. The SMILES string of the molecule is C[C@H](N)c1nc(-c2ccccc2)nn1CC(=O)N1CCn2nc(C#N)cc2C1. The number of nitriles is 1. The molecule has 1 atom stereocenters. The molecular formula is C19H20N8O. The lowest BCUT2D eigenvalue weighted by atomic mass is 10.2. The standard InChI is InChI=1S/C19H20N8O/c1-13(21)19-22-18(14-5-3-2-4-6-14)24-27(19)12-17(28)25-7-8-26-16(11-25)9-15(10-20)23-26/h2-6,9,13H,7-8,11-12,21H2,1H3/t13-/m0/s1. The lowest BCUT2D eigenvalue weighted by Gasteiger charge is -2.27. The Kier molecular flexibility index (Phi) is 4.63. The van der Waals surface area contributed by atoms with Crippen molar-refractivity contribution in [1.29, 1.82) is 5.26 Å². The van der Waals surface area contributed by atoms with Gasteiger partial charge in [0, 0.05) is 12.1 Å². The molecule has 3 heterocycles. The number of carbonyl (C=O) groups is 1. The summed E-state index contributed by atoms with van der Waals surface area (Å²) in [4.78, 5) is 19.2. The highest BCUT2D eigenvalue weighted by Gasteiger charge is 2.24. The lowest BCUT2D eigenvalue weighted by Crippen LogP contribution is -2.40. The van der Waals surface area contributed by atoms with E-state index in [0.29, 0.717) is 37.0 Å². The van der Waals surface area contributed by atoms with Crippen LogP contribution in [0.2, 0.25) is 0 Å². The van der Waals surface area contributed by atoms with E-state index in [1.807, 2.05) is 43.3 Å². The van der Waals surface area contributed by atoms with Crippen molar-refractivity contribution in [2.24, 2.45) is 5.73 Å². The number of aromatic nitrogens is 5. The van der Waals surface area contributed by atoms with Crippen LogP contribution in [-0.4, -0.2) is 41.9 Å². The van der Waals surface area contributed by atoms with Crippen LogP contribution in [0.25, 0.3) is 11.4 Å². The van der Waals surface area contributed by atoms with Crippen LogP contribution in [0.5, 0.6) is 0 Å². The Hall–Kier alpha value is -3.51. The molecule has 3 aromatic rings. The van der Waals surface area contributed by atoms with Gasteiger partial charge in [-0.15, -0.1) is 0 Å². The minimum absolute atomic E-state index is 0.0654. The van der Waals surface area contributed by atoms with Crippen LogP contribution in [-0.2, 0) is 24.4 Å². The number of hydrogen-bond donors (Lipinski definition) is 1. The Labute approximate surface area is 162 Å². The van der Waals surface area contributed by atoms with E-state index >= 15 is 0 Å². The number of carbonyl (C=O) groups excluding carboxylic acids is 1. The molecule has 0 fully saturated rings. The molecule has 1 amide bonds. The zero-order valence-electron chi connectivity index (χ0n) is 15.5. The number of nitrogens with two attached hydrogens (primary N) is 1. The molecule has 0 unspecified atom stereocenters. The fourth-order valence-corrected chi connectivity index (χ4v) is 3.28. The molecule has 0 radical (unpaired) electrons. The largest absolute Gasteiger partial charge is 0.333 e. The Balaban J connectivity index is 1.54. The van der Waals surface area contributed by atoms with Gasteiger partial charge in [-0.25, -0.2) is 9.67 Å². The average Bonchev–Trinajstić information content (AvgIpc) is 3.31. The summed E-state index contributed by atoms with van der Waals surface area (Å²) < 4.78 is 3.36. The summed E-state index contributed by atoms with van der Waals surface area (Å²) in [7, 11) is 0. The second-order valence-corrected chi connectivity index (χ2v) is 6.78. The number of rotatable bonds is 4. The smallest absolute Gasteiger partial charge is 0.244 e. The summed E-state index contributed by atoms with van der Waals surface area (Å²) in [6, 6.07) is 13.0. The van der Waals surface area contributed by atoms with Gasteiger partial charge < -0.3 is 10.6 Å². The summed E-state index contributed by atoms with van der Waals surface area (Å²) >= 11 is 0. The normalized spacial score (nSPS) is 14.4. The fraction of sp³-hybridized carbons (Fsp3) is 0.316. The van der Waals surface area contributed by atoms with Crippen molar-refractivity contribution in [2.75, 3.05) is 6.54 Å². The molecule has 2 aromatic heterocycles. The molecular weight excluding hydrogens is 356 g/mol. The zero-order chi connectivity index (χ0) is 19.7. The van der Waals surface area contributed by atoms with E-state index in [9.17, 15) is 4.79 Å². The first-order valence-corrected chi connectivity index (χ1v) is 9.05. The second kappa shape index (κ2) is 7.25. The van der Waals surface area contributed by atoms with E-state index in [1.54, 1.807) is 20.3 Å². The van der Waals surface area contributed by atoms with E-state index in [1.165, 1.54) is 0 Å². The molecule has 1 aromatic carbocycles. The van der Waals surface area contributed by atoms with Gasteiger partial charge in [0.15, 0.2) is 11.5 Å². The number of benzene rings is 1. The third kappa shape index (κ3) is 3.37. The van der Waals surface area contributed by atoms with Gasteiger partial charge in [0.2, 0.25) is 5.91 Å². The molecule has 0 saturated carbocycles. The molecule has 142 valence electrons. The zero-order valence-corrected chi connectivity index (χ0v) is 15.5. The highest BCUT2D eigenvalue weighted by molar-refractivity contribution is 5.76. The van der Waals surface area contributed by atoms with Crippen LogP contribution in [0.15, 0.2) is 36.4 Å². The number of nitrogens with zero attached hydrogens (tertiary/aromatic N) is 7. The third-order valence-electron chi connectivity index (χ3n) is 4.69. The molecule has 9 heteroatoms. The van der Waals surface area contributed by atoms with Crippen LogP contribution >= 0.6 is 0 Å². The quantitative estimate of drug-likeness (QED) is 0.728. The van der Waals surface area contributed by atoms with Gasteiger partial charge in [-0.3, -0.25) is 9.48 Å². The number of fused-ring (bicyclic) bond motifs is 1. The van der Waals surface area contributed by atoms with Gasteiger partial charge in [0.25, 0.3) is 0 Å². The molecule has 0 spiro atoms. The van der Waals surface area contributed by atoms with E-state index in [4.69, 9.17) is 11.0 Å². The van der Waals surface area contributed by atoms with E-state index in [0.717, 1.165) is 11.3 Å². The van der Waals surface area contributed by atoms with Crippen LogP contribution in [0.4, 0.5) is 0 Å². The van der Waals surface area contributed by atoms with Gasteiger partial charge in [0.05, 0.1) is 24.8 Å². The monoisotopic (exact) mass is 376 g/mol. The summed E-state index contributed by atoms with van der Waals surface area (Å²) in [5, 5.41) is 17.7. The maximum Gasteiger partial charge on any atom is 0.244 e. The van der Waals surface area contributed by atoms with Crippen molar-refractivity contribution in [1.82, 2.24) is 29.4 Å². The van der Waals surface area contributed by atoms with E-state index in [-0.39, 0.29) is 18.5 Å². The first-order chi connectivity index (χ1) is 13.5. The number of amides is 1. The van der Waals surface area contributed by atoms with Crippen molar-refractivity contribution in [3.8, 4) is 17.5 Å². The van der Waals surface area contributed by atoms with Crippen LogP contribution in [0, 0.1) is 11.3 Å². The molecule has 28 heavy (non-hydrogen) atoms. The molecule has 0 aliphatic carbocycles. The maximum atomic E-state index is 12.9. The van der Waals surface area contributed by atoms with E-state index < -0.39 is 0 Å². The topological polar surface area (TPSA) is 119 Å². The van der Waals surface area contributed by atoms with Crippen LogP contribution in [0.1, 0.15) is 30.2 Å². The van der Waals surface area contributed by atoms with Crippen molar-refractivity contribution >= 4 is 5.91 Å². The summed E-state index contributed by atoms with van der Waals surface area (Å²) in [6.07, 6.45) is 0. The molecule has 0 bridgehead atoms. The molecule has 4 rings (SSSR count). The molecule has 1 aliphatic heterocycles. The van der Waals surface area contributed by atoms with Gasteiger partial charge in [-0.05, 0) is 13.0 Å². The lowest BCUT2D eigenvalue weighted by molar-refractivity contribution is -0.133. The fourth-order valence-electron chi connectivity index (χ4n) is 3.28. The van der Waals surface area contributed by atoms with Crippen molar-refractivity contribution in [3.63, 3.8) is 0 Å². The van der Waals surface area contributed by atoms with E-state index in [2.05, 4.69) is 15.2 Å². The summed E-state index contributed by atoms with van der Waals surface area (Å²) in [6.45, 7) is 3.40. The summed E-state index contributed by atoms with van der Waals surface area (Å²) in [5.74, 6) is 1.05. The Bertz CT molecular complexity index is 1040. The Morgan fingerprint density at radius 2 is 2.07 bits per heavy atom. The predicted molar refractivity (Wildman–Crippen MR) is 100 cm³/mol. The Morgan fingerprint density at radius 1 is 1.29 bits per heavy atom. The van der Waals surface area contributed by atoms with Crippen LogP contribution < -0.4 is 5.73 Å². The molecule has 1 aliphatic rings. The third-order valence-corrected chi connectivity index (χ3v) is 4.69. The second-order valence-electron chi connectivity index (χ2n) is 6.78. The van der Waals surface area contributed by atoms with Gasteiger partial charge in [0.1, 0.15) is 18.4 Å². The van der Waals surface area contributed by atoms with Gasteiger partial charge in [-0.1, -0.05) is 30.3 Å². The van der Waals surface area contributed by atoms with Gasteiger partial charge in [-0.2, -0.15) is 15.5 Å². The Morgan fingerprint density at radius 3 is 2.79 bits per heavy atom.